The van der Waals surface area contributed by atoms with E-state index in [1.807, 2.05) is 20.8 Å². The highest BCUT2D eigenvalue weighted by Gasteiger charge is 2.20. The zero-order chi connectivity index (χ0) is 9.78. The molecule has 0 saturated carbocycles. The second-order valence-corrected chi connectivity index (χ2v) is 4.06. The Balaban J connectivity index is 3.81. The van der Waals surface area contributed by atoms with Gasteiger partial charge in [0.2, 0.25) is 0 Å². The van der Waals surface area contributed by atoms with E-state index in [2.05, 4.69) is 4.84 Å². The normalized spacial score (nSPS) is 14.3. The largest absolute Gasteiger partial charge is 0.479 e. The molecule has 0 aliphatic rings. The van der Waals surface area contributed by atoms with Crippen molar-refractivity contribution in [3.05, 3.63) is 0 Å². The van der Waals surface area contributed by atoms with Gasteiger partial charge in [0.05, 0.1) is 0 Å². The molecule has 1 unspecified atom stereocenters. The van der Waals surface area contributed by atoms with Crippen LogP contribution in [0.25, 0.3) is 0 Å². The molecule has 4 heteroatoms. The van der Waals surface area contributed by atoms with E-state index in [9.17, 15) is 4.79 Å². The van der Waals surface area contributed by atoms with E-state index in [1.165, 1.54) is 0 Å². The molecular weight excluding hydrogens is 158 g/mol. The van der Waals surface area contributed by atoms with Gasteiger partial charge in [0.25, 0.3) is 0 Å². The molecule has 0 fully saturated rings. The Hall–Kier alpha value is -0.610. The first kappa shape index (κ1) is 11.4. The molecule has 4 nitrogen and oxygen atoms in total. The zero-order valence-corrected chi connectivity index (χ0v) is 7.83. The van der Waals surface area contributed by atoms with Crippen LogP contribution in [-0.2, 0) is 9.63 Å². The number of carboxylic acids is 1. The third kappa shape index (κ3) is 5.09. The van der Waals surface area contributed by atoms with Crippen LogP contribution in [0.3, 0.4) is 0 Å². The molecular formula is C8H17NO3. The average Bonchev–Trinajstić information content (AvgIpc) is 1.85. The smallest absolute Gasteiger partial charge is 0.334 e. The van der Waals surface area contributed by atoms with Gasteiger partial charge in [0.15, 0.2) is 6.10 Å². The fourth-order valence-electron chi connectivity index (χ4n) is 0.814. The summed E-state index contributed by atoms with van der Waals surface area (Å²) < 4.78 is 0. The van der Waals surface area contributed by atoms with Crippen LogP contribution in [0.1, 0.15) is 33.6 Å². The summed E-state index contributed by atoms with van der Waals surface area (Å²) in [5.41, 5.74) is 0.117. The molecule has 72 valence electrons. The van der Waals surface area contributed by atoms with Crippen molar-refractivity contribution in [3.8, 4) is 0 Å². The lowest BCUT2D eigenvalue weighted by Gasteiger charge is -2.19. The van der Waals surface area contributed by atoms with E-state index in [0.717, 1.165) is 6.42 Å². The topological polar surface area (TPSA) is 72.5 Å². The fraction of sp³-hybridized carbons (Fsp3) is 0.875. The van der Waals surface area contributed by atoms with Crippen LogP contribution in [0.15, 0.2) is 0 Å². The van der Waals surface area contributed by atoms with E-state index in [4.69, 9.17) is 11.0 Å². The highest BCUT2D eigenvalue weighted by molar-refractivity contribution is 5.72. The van der Waals surface area contributed by atoms with Gasteiger partial charge in [-0.3, -0.25) is 4.84 Å². The van der Waals surface area contributed by atoms with E-state index in [0.29, 0.717) is 6.42 Å². The number of nitrogens with two attached hydrogens (primary N) is 1. The molecule has 1 atom stereocenters. The minimum Gasteiger partial charge on any atom is -0.479 e. The van der Waals surface area contributed by atoms with Gasteiger partial charge in [-0.15, -0.1) is 0 Å². The van der Waals surface area contributed by atoms with Gasteiger partial charge in [-0.1, -0.05) is 20.8 Å². The van der Waals surface area contributed by atoms with Gasteiger partial charge in [-0.05, 0) is 18.3 Å². The minimum atomic E-state index is -0.998. The monoisotopic (exact) mass is 175 g/mol. The van der Waals surface area contributed by atoms with Crippen molar-refractivity contribution in [2.45, 2.75) is 39.7 Å². The lowest BCUT2D eigenvalue weighted by molar-refractivity contribution is -0.151. The zero-order valence-electron chi connectivity index (χ0n) is 7.83. The molecule has 0 aromatic rings. The maximum absolute atomic E-state index is 10.4. The van der Waals surface area contributed by atoms with Crippen LogP contribution in [0, 0.1) is 5.41 Å². The molecule has 12 heavy (non-hydrogen) atoms. The molecule has 0 radical (unpaired) electrons. The van der Waals surface area contributed by atoms with Crippen molar-refractivity contribution in [2.24, 2.45) is 11.3 Å². The third-order valence-corrected chi connectivity index (χ3v) is 1.60. The van der Waals surface area contributed by atoms with Crippen LogP contribution >= 0.6 is 0 Å². The summed E-state index contributed by atoms with van der Waals surface area (Å²) in [4.78, 5) is 14.8. The molecule has 0 saturated heterocycles. The summed E-state index contributed by atoms with van der Waals surface area (Å²) in [6.07, 6.45) is 0.362. The predicted molar refractivity (Wildman–Crippen MR) is 45.4 cm³/mol. The summed E-state index contributed by atoms with van der Waals surface area (Å²) in [7, 11) is 0. The number of carbonyl (C=O) groups is 1. The summed E-state index contributed by atoms with van der Waals surface area (Å²) in [5, 5.41) is 8.57. The first-order valence-electron chi connectivity index (χ1n) is 3.95. The van der Waals surface area contributed by atoms with Crippen LogP contribution in [0.4, 0.5) is 0 Å². The molecule has 0 aliphatic carbocycles. The van der Waals surface area contributed by atoms with Crippen LogP contribution in [0.5, 0.6) is 0 Å². The summed E-state index contributed by atoms with van der Waals surface area (Å²) in [5.74, 6) is 3.82. The van der Waals surface area contributed by atoms with E-state index < -0.39 is 12.1 Å². The lowest BCUT2D eigenvalue weighted by atomic mass is 9.89. The van der Waals surface area contributed by atoms with Crippen molar-refractivity contribution in [1.29, 1.82) is 0 Å². The maximum atomic E-state index is 10.4. The van der Waals surface area contributed by atoms with E-state index in [-0.39, 0.29) is 5.41 Å². The van der Waals surface area contributed by atoms with Gasteiger partial charge < -0.3 is 5.11 Å². The van der Waals surface area contributed by atoms with Gasteiger partial charge in [0, 0.05) is 0 Å². The molecule has 0 bridgehead atoms. The van der Waals surface area contributed by atoms with Gasteiger partial charge in [-0.25, -0.2) is 10.7 Å². The maximum Gasteiger partial charge on any atom is 0.334 e. The summed E-state index contributed by atoms with van der Waals surface area (Å²) >= 11 is 0. The van der Waals surface area contributed by atoms with Crippen LogP contribution in [-0.4, -0.2) is 17.2 Å². The summed E-state index contributed by atoms with van der Waals surface area (Å²) in [6, 6.07) is 0. The van der Waals surface area contributed by atoms with E-state index in [1.54, 1.807) is 0 Å². The number of hydrogen-bond acceptors (Lipinski definition) is 3. The second kappa shape index (κ2) is 4.42. The molecule has 0 spiro atoms. The second-order valence-electron chi connectivity index (χ2n) is 4.06. The highest BCUT2D eigenvalue weighted by Crippen LogP contribution is 2.22. The van der Waals surface area contributed by atoms with Crippen LogP contribution in [0.2, 0.25) is 0 Å². The number of rotatable bonds is 4. The Bertz CT molecular complexity index is 151. The van der Waals surface area contributed by atoms with E-state index >= 15 is 0 Å². The first-order valence-corrected chi connectivity index (χ1v) is 3.95. The Kier molecular flexibility index (Phi) is 4.20. The highest BCUT2D eigenvalue weighted by atomic mass is 16.6. The molecule has 0 amide bonds. The number of aliphatic carboxylic acids is 1. The Morgan fingerprint density at radius 3 is 2.33 bits per heavy atom. The molecule has 0 aromatic carbocycles. The molecule has 3 N–H and O–H groups in total. The molecule has 0 rings (SSSR count). The van der Waals surface area contributed by atoms with Gasteiger partial charge in [-0.2, -0.15) is 0 Å². The molecule has 0 aromatic heterocycles. The average molecular weight is 175 g/mol. The Labute approximate surface area is 72.7 Å². The van der Waals surface area contributed by atoms with Crippen molar-refractivity contribution >= 4 is 5.97 Å². The predicted octanol–water partition coefficient (Wildman–Crippen LogP) is 1.16. The lowest BCUT2D eigenvalue weighted by Crippen LogP contribution is -2.28. The quantitative estimate of drug-likeness (QED) is 0.629. The third-order valence-electron chi connectivity index (χ3n) is 1.60. The van der Waals surface area contributed by atoms with Gasteiger partial charge in [0.1, 0.15) is 0 Å². The van der Waals surface area contributed by atoms with Crippen LogP contribution < -0.4 is 5.90 Å². The van der Waals surface area contributed by atoms with Crippen molar-refractivity contribution in [3.63, 3.8) is 0 Å². The number of hydrogen-bond donors (Lipinski definition) is 2. The molecule has 0 aliphatic heterocycles. The SMILES string of the molecule is CC(C)(C)CCC(ON)C(=O)O. The fourth-order valence-corrected chi connectivity index (χ4v) is 0.814. The summed E-state index contributed by atoms with van der Waals surface area (Å²) in [6.45, 7) is 6.13. The first-order chi connectivity index (χ1) is 5.37. The van der Waals surface area contributed by atoms with Crippen molar-refractivity contribution in [1.82, 2.24) is 0 Å². The minimum absolute atomic E-state index is 0.117. The van der Waals surface area contributed by atoms with Crippen molar-refractivity contribution in [2.75, 3.05) is 0 Å². The standard InChI is InChI=1S/C8H17NO3/c1-8(2,3)5-4-6(12-9)7(10)11/h6H,4-5,9H2,1-3H3,(H,10,11). The Morgan fingerprint density at radius 1 is 1.58 bits per heavy atom. The number of carboxylic acid groups (broad SMARTS) is 1. The Morgan fingerprint density at radius 2 is 2.08 bits per heavy atom. The van der Waals surface area contributed by atoms with Crippen molar-refractivity contribution < 1.29 is 14.7 Å². The van der Waals surface area contributed by atoms with Gasteiger partial charge >= 0.3 is 5.97 Å². The molecule has 0 heterocycles.